The van der Waals surface area contributed by atoms with E-state index < -0.39 is 36.2 Å². The number of aliphatic hydroxyl groups excluding tert-OH is 1. The minimum atomic E-state index is -0.936. The van der Waals surface area contributed by atoms with Gasteiger partial charge in [-0.2, -0.15) is 0 Å². The zero-order chi connectivity index (χ0) is 27.2. The second kappa shape index (κ2) is 15.0. The fourth-order valence-electron chi connectivity index (χ4n) is 3.30. The van der Waals surface area contributed by atoms with Crippen molar-refractivity contribution in [3.05, 3.63) is 77.6 Å². The van der Waals surface area contributed by atoms with Gasteiger partial charge in [0.15, 0.2) is 0 Å². The van der Waals surface area contributed by atoms with Crippen molar-refractivity contribution < 1.29 is 38.9 Å². The lowest BCUT2D eigenvalue weighted by atomic mass is 10.0. The maximum absolute atomic E-state index is 13.1. The molecule has 0 aliphatic carbocycles. The number of fused-ring (bicyclic) bond motifs is 1. The lowest BCUT2D eigenvalue weighted by Gasteiger charge is -2.18. The summed E-state index contributed by atoms with van der Waals surface area (Å²) < 4.78 is 10.9. The van der Waals surface area contributed by atoms with Gasteiger partial charge in [0.1, 0.15) is 30.6 Å². The number of phenolic OH excluding ortho intramolecular Hbond substituents is 1. The Hall–Kier alpha value is -4.18. The largest absolute Gasteiger partial charge is 0.507 e. The van der Waals surface area contributed by atoms with E-state index in [2.05, 4.69) is 15.3 Å². The van der Waals surface area contributed by atoms with Gasteiger partial charge >= 0.3 is 11.9 Å². The molecule has 10 heteroatoms. The van der Waals surface area contributed by atoms with Gasteiger partial charge < -0.3 is 29.8 Å². The van der Waals surface area contributed by atoms with Crippen LogP contribution in [0.3, 0.4) is 0 Å². The maximum Gasteiger partial charge on any atom is 0.342 e. The Morgan fingerprint density at radius 1 is 1.27 bits per heavy atom. The molecule has 0 aromatic heterocycles. The zero-order valence-electron chi connectivity index (χ0n) is 21.0. The maximum atomic E-state index is 13.1. The first-order chi connectivity index (χ1) is 17.7. The number of amides is 1. The number of carbonyl (C=O) groups is 3. The molecule has 3 atom stereocenters. The van der Waals surface area contributed by atoms with E-state index in [1.54, 1.807) is 38.1 Å². The molecule has 3 unspecified atom stereocenters. The average molecular weight is 513 g/mol. The summed E-state index contributed by atoms with van der Waals surface area (Å²) in [5, 5.41) is 26.7. The molecule has 3 N–H and O–H groups in total. The van der Waals surface area contributed by atoms with Crippen LogP contribution in [-0.4, -0.2) is 59.7 Å². The molecule has 198 valence electrons. The Kier molecular flexibility index (Phi) is 11.8. The zero-order valence-corrected chi connectivity index (χ0v) is 21.0. The number of oxime groups is 1. The summed E-state index contributed by atoms with van der Waals surface area (Å²) in [6, 6.07) is 4.65. The summed E-state index contributed by atoms with van der Waals surface area (Å²) in [5.41, 5.74) is 1.09. The number of rotatable bonds is 6. The minimum absolute atomic E-state index is 0.0293. The highest BCUT2D eigenvalue weighted by Crippen LogP contribution is 2.25. The minimum Gasteiger partial charge on any atom is -0.507 e. The van der Waals surface area contributed by atoms with Crippen molar-refractivity contribution in [1.82, 2.24) is 5.32 Å². The van der Waals surface area contributed by atoms with Gasteiger partial charge in [0.25, 0.3) is 0 Å². The highest BCUT2D eigenvalue weighted by molar-refractivity contribution is 5.94. The van der Waals surface area contributed by atoms with E-state index in [9.17, 15) is 24.6 Å². The summed E-state index contributed by atoms with van der Waals surface area (Å²) in [6.07, 6.45) is 9.26. The van der Waals surface area contributed by atoms with E-state index in [1.807, 2.05) is 0 Å². The predicted octanol–water partition coefficient (Wildman–Crippen LogP) is 2.87. The van der Waals surface area contributed by atoms with Crippen molar-refractivity contribution in [3.8, 4) is 5.75 Å². The molecular weight excluding hydrogens is 480 g/mol. The SMILES string of the molecule is CO/N=C/C=C\C(=O)N/C=C/CC1CC(=O)OC(C)/C=C/C(O)/C(C)=C\Cc2cccc(O)c2C(=O)O1. The number of hydrogen-bond acceptors (Lipinski definition) is 9. The standard InChI is InChI=1S/C27H32N2O8/c1-18-11-13-20-7-4-9-23(31)26(20)27(34)37-21(17-25(33)36-19(2)12-14-22(18)30)8-5-15-28-24(32)10-6-16-29-35-3/h4-7,9-12,14-16,19,21-22,30-31H,8,13,17H2,1-3H3,(H,28,32)/b10-6-,14-12+,15-5+,18-11-,29-16+. The fourth-order valence-corrected chi connectivity index (χ4v) is 3.30. The monoisotopic (exact) mass is 512 g/mol. The van der Waals surface area contributed by atoms with Crippen LogP contribution >= 0.6 is 0 Å². The summed E-state index contributed by atoms with van der Waals surface area (Å²) in [5.74, 6) is -2.12. The number of aromatic hydroxyl groups is 1. The second-order valence-corrected chi connectivity index (χ2v) is 8.16. The number of benzene rings is 1. The molecule has 37 heavy (non-hydrogen) atoms. The number of cyclic esters (lactones) is 2. The highest BCUT2D eigenvalue weighted by atomic mass is 16.6. The molecule has 0 saturated heterocycles. The van der Waals surface area contributed by atoms with Crippen LogP contribution in [0, 0.1) is 0 Å². The first-order valence-corrected chi connectivity index (χ1v) is 11.6. The van der Waals surface area contributed by atoms with Crippen molar-refractivity contribution in [2.75, 3.05) is 7.11 Å². The third kappa shape index (κ3) is 10.1. The quantitative estimate of drug-likeness (QED) is 0.174. The number of ether oxygens (including phenoxy) is 2. The molecule has 2 rings (SSSR count). The normalized spacial score (nSPS) is 23.9. The Morgan fingerprint density at radius 3 is 2.81 bits per heavy atom. The molecule has 1 aliphatic rings. The molecule has 1 aliphatic heterocycles. The fraction of sp³-hybridized carbons (Fsp3) is 0.333. The van der Waals surface area contributed by atoms with Gasteiger partial charge in [-0.15, -0.1) is 0 Å². The highest BCUT2D eigenvalue weighted by Gasteiger charge is 2.24. The van der Waals surface area contributed by atoms with E-state index in [0.29, 0.717) is 11.1 Å². The molecule has 1 heterocycles. The van der Waals surface area contributed by atoms with Crippen LogP contribution in [0.5, 0.6) is 5.75 Å². The molecule has 1 aromatic rings. The van der Waals surface area contributed by atoms with Crippen LogP contribution in [0.4, 0.5) is 0 Å². The smallest absolute Gasteiger partial charge is 0.342 e. The Bertz CT molecular complexity index is 1100. The lowest BCUT2D eigenvalue weighted by Crippen LogP contribution is -2.25. The number of aliphatic hydroxyl groups is 1. The molecule has 1 amide bonds. The van der Waals surface area contributed by atoms with Crippen molar-refractivity contribution in [1.29, 1.82) is 0 Å². The van der Waals surface area contributed by atoms with E-state index in [4.69, 9.17) is 9.47 Å². The van der Waals surface area contributed by atoms with Gasteiger partial charge in [0.05, 0.1) is 18.7 Å². The van der Waals surface area contributed by atoms with E-state index in [-0.39, 0.29) is 30.6 Å². The Morgan fingerprint density at radius 2 is 2.05 bits per heavy atom. The Balaban J connectivity index is 2.25. The van der Waals surface area contributed by atoms with Crippen LogP contribution in [0.2, 0.25) is 0 Å². The van der Waals surface area contributed by atoms with Gasteiger partial charge in [-0.25, -0.2) is 4.79 Å². The van der Waals surface area contributed by atoms with E-state index in [1.165, 1.54) is 49.9 Å². The first kappa shape index (κ1) is 29.1. The Labute approximate surface area is 215 Å². The summed E-state index contributed by atoms with van der Waals surface area (Å²) >= 11 is 0. The van der Waals surface area contributed by atoms with Crippen LogP contribution in [0.15, 0.2) is 71.6 Å². The third-order valence-electron chi connectivity index (χ3n) is 5.24. The molecule has 0 radical (unpaired) electrons. The van der Waals surface area contributed by atoms with Gasteiger partial charge in [0, 0.05) is 18.7 Å². The lowest BCUT2D eigenvalue weighted by molar-refractivity contribution is -0.148. The summed E-state index contributed by atoms with van der Waals surface area (Å²) in [6.45, 7) is 3.38. The molecule has 10 nitrogen and oxygen atoms in total. The molecule has 0 bridgehead atoms. The summed E-state index contributed by atoms with van der Waals surface area (Å²) in [4.78, 5) is 41.9. The number of phenols is 1. The first-order valence-electron chi connectivity index (χ1n) is 11.6. The number of esters is 2. The van der Waals surface area contributed by atoms with Gasteiger partial charge in [-0.1, -0.05) is 35.5 Å². The topological polar surface area (TPSA) is 144 Å². The van der Waals surface area contributed by atoms with Crippen LogP contribution in [0.1, 0.15) is 42.6 Å². The van der Waals surface area contributed by atoms with Crippen molar-refractivity contribution >= 4 is 24.1 Å². The molecule has 1 aromatic carbocycles. The van der Waals surface area contributed by atoms with Crippen molar-refractivity contribution in [3.63, 3.8) is 0 Å². The number of carbonyl (C=O) groups excluding carboxylic acids is 3. The van der Waals surface area contributed by atoms with Crippen LogP contribution in [-0.2, 0) is 30.3 Å². The second-order valence-electron chi connectivity index (χ2n) is 8.16. The third-order valence-corrected chi connectivity index (χ3v) is 5.24. The van der Waals surface area contributed by atoms with Crippen LogP contribution in [0.25, 0.3) is 0 Å². The van der Waals surface area contributed by atoms with Gasteiger partial charge in [-0.05, 0) is 49.6 Å². The predicted molar refractivity (Wildman–Crippen MR) is 137 cm³/mol. The van der Waals surface area contributed by atoms with Crippen molar-refractivity contribution in [2.45, 2.75) is 51.4 Å². The molecule has 0 fully saturated rings. The average Bonchev–Trinajstić information content (AvgIpc) is 2.85. The molecule has 0 spiro atoms. The van der Waals surface area contributed by atoms with Crippen LogP contribution < -0.4 is 5.32 Å². The number of nitrogens with zero attached hydrogens (tertiary/aromatic N) is 1. The summed E-state index contributed by atoms with van der Waals surface area (Å²) in [7, 11) is 1.38. The van der Waals surface area contributed by atoms with Crippen molar-refractivity contribution in [2.24, 2.45) is 5.16 Å². The molecule has 0 saturated carbocycles. The number of nitrogens with one attached hydrogen (secondary N) is 1. The van der Waals surface area contributed by atoms with Gasteiger partial charge in [-0.3, -0.25) is 9.59 Å². The number of allylic oxidation sites excluding steroid dienone is 2. The number of hydrogen-bond donors (Lipinski definition) is 3. The van der Waals surface area contributed by atoms with Gasteiger partial charge in [0.2, 0.25) is 5.91 Å². The van der Waals surface area contributed by atoms with E-state index in [0.717, 1.165) is 0 Å². The van der Waals surface area contributed by atoms with E-state index >= 15 is 0 Å². The molecular formula is C27H32N2O8.